The van der Waals surface area contributed by atoms with Crippen molar-refractivity contribution in [1.29, 1.82) is 0 Å². The van der Waals surface area contributed by atoms with Crippen LogP contribution in [0.3, 0.4) is 0 Å². The molecule has 2 aliphatic rings. The van der Waals surface area contributed by atoms with E-state index < -0.39 is 18.1 Å². The van der Waals surface area contributed by atoms with Gasteiger partial charge in [-0.3, -0.25) is 0 Å². The lowest BCUT2D eigenvalue weighted by Crippen LogP contribution is -2.20. The highest BCUT2D eigenvalue weighted by atomic mass is 28.3. The van der Waals surface area contributed by atoms with Crippen molar-refractivity contribution in [2.75, 3.05) is 0 Å². The largest absolute Gasteiger partial charge is 0.302 e. The van der Waals surface area contributed by atoms with Gasteiger partial charge in [0.2, 0.25) is 18.1 Å². The monoisotopic (exact) mass is 202 g/mol. The lowest BCUT2D eigenvalue weighted by molar-refractivity contribution is -0.112. The third kappa shape index (κ3) is 2.42. The summed E-state index contributed by atoms with van der Waals surface area (Å²) < 4.78 is 11.2. The smallest absolute Gasteiger partial charge is 0.222 e. The average molecular weight is 202 g/mol. The Labute approximate surface area is 77.6 Å². The van der Waals surface area contributed by atoms with Crippen LogP contribution in [0.1, 0.15) is 25.7 Å². The third-order valence-electron chi connectivity index (χ3n) is 2.93. The van der Waals surface area contributed by atoms with Gasteiger partial charge in [0.25, 0.3) is 0 Å². The molecule has 0 spiro atoms. The maximum Gasteiger partial charge on any atom is 0.222 e. The molecule has 2 nitrogen and oxygen atoms in total. The molecule has 4 heteroatoms. The van der Waals surface area contributed by atoms with Crippen LogP contribution in [0, 0.1) is 0 Å². The minimum absolute atomic E-state index is 0.825. The Kier molecular flexibility index (Phi) is 3.39. The van der Waals surface area contributed by atoms with Crippen molar-refractivity contribution in [1.82, 2.24) is 0 Å². The quantitative estimate of drug-likeness (QED) is 0.396. The molecular weight excluding hydrogens is 184 g/mol. The van der Waals surface area contributed by atoms with E-state index in [-0.39, 0.29) is 0 Å². The second kappa shape index (κ2) is 4.55. The Balaban J connectivity index is 1.60. The molecular formula is C8H18O2Si2. The van der Waals surface area contributed by atoms with Crippen LogP contribution in [0.15, 0.2) is 0 Å². The molecule has 0 atom stereocenters. The van der Waals surface area contributed by atoms with Crippen molar-refractivity contribution in [3.63, 3.8) is 0 Å². The summed E-state index contributed by atoms with van der Waals surface area (Å²) in [4.78, 5) is 0. The third-order valence-corrected chi connectivity index (χ3v) is 8.13. The summed E-state index contributed by atoms with van der Waals surface area (Å²) >= 11 is 0. The highest BCUT2D eigenvalue weighted by molar-refractivity contribution is 6.55. The van der Waals surface area contributed by atoms with Crippen molar-refractivity contribution in [2.45, 2.75) is 49.9 Å². The number of hydrogen-bond donors (Lipinski definition) is 0. The predicted molar refractivity (Wildman–Crippen MR) is 54.2 cm³/mol. The van der Waals surface area contributed by atoms with E-state index >= 15 is 0 Å². The SMILES string of the molecule is C1CC[SiH](OO[SiH]2CCCC2)C1. The first-order valence-corrected chi connectivity index (χ1v) is 9.48. The Morgan fingerprint density at radius 1 is 0.583 bits per heavy atom. The Morgan fingerprint density at radius 2 is 0.917 bits per heavy atom. The predicted octanol–water partition coefficient (Wildman–Crippen LogP) is 1.97. The molecule has 0 unspecified atom stereocenters. The van der Waals surface area contributed by atoms with Gasteiger partial charge in [0.05, 0.1) is 0 Å². The molecule has 12 heavy (non-hydrogen) atoms. The second-order valence-corrected chi connectivity index (χ2v) is 9.19. The number of hydrogen-bond acceptors (Lipinski definition) is 2. The fourth-order valence-electron chi connectivity index (χ4n) is 2.13. The van der Waals surface area contributed by atoms with E-state index in [1.807, 2.05) is 0 Å². The summed E-state index contributed by atoms with van der Waals surface area (Å²) in [7, 11) is -1.65. The van der Waals surface area contributed by atoms with Gasteiger partial charge in [-0.25, -0.2) is 0 Å². The minimum atomic E-state index is -0.825. The molecule has 0 bridgehead atoms. The van der Waals surface area contributed by atoms with Crippen molar-refractivity contribution < 1.29 is 9.15 Å². The topological polar surface area (TPSA) is 18.5 Å². The molecule has 2 heterocycles. The molecule has 70 valence electrons. The van der Waals surface area contributed by atoms with E-state index in [1.165, 1.54) is 49.9 Å². The van der Waals surface area contributed by atoms with Crippen LogP contribution in [0.2, 0.25) is 24.2 Å². The Morgan fingerprint density at radius 3 is 1.25 bits per heavy atom. The van der Waals surface area contributed by atoms with Crippen LogP contribution < -0.4 is 0 Å². The summed E-state index contributed by atoms with van der Waals surface area (Å²) in [6, 6.07) is 5.45. The molecule has 2 rings (SSSR count). The lowest BCUT2D eigenvalue weighted by Gasteiger charge is -2.12. The Hall–Kier alpha value is 0.354. The number of rotatable bonds is 3. The summed E-state index contributed by atoms with van der Waals surface area (Å²) in [6.07, 6.45) is 5.58. The zero-order chi connectivity index (χ0) is 8.23. The zero-order valence-electron chi connectivity index (χ0n) is 7.63. The van der Waals surface area contributed by atoms with E-state index in [1.54, 1.807) is 0 Å². The molecule has 2 fully saturated rings. The van der Waals surface area contributed by atoms with Gasteiger partial charge in [-0.1, -0.05) is 25.7 Å². The van der Waals surface area contributed by atoms with Gasteiger partial charge in [-0.15, -0.1) is 0 Å². The molecule has 0 N–H and O–H groups in total. The fourth-order valence-corrected chi connectivity index (χ4v) is 7.32. The maximum absolute atomic E-state index is 5.59. The van der Waals surface area contributed by atoms with E-state index in [2.05, 4.69) is 0 Å². The van der Waals surface area contributed by atoms with Gasteiger partial charge in [0.1, 0.15) is 0 Å². The van der Waals surface area contributed by atoms with Crippen LogP contribution in [0.25, 0.3) is 0 Å². The van der Waals surface area contributed by atoms with Crippen molar-refractivity contribution in [3.05, 3.63) is 0 Å². The Bertz CT molecular complexity index is 115. The molecule has 0 radical (unpaired) electrons. The maximum atomic E-state index is 5.59. The summed E-state index contributed by atoms with van der Waals surface area (Å²) in [6.45, 7) is 0. The summed E-state index contributed by atoms with van der Waals surface area (Å²) in [5.41, 5.74) is 0. The standard InChI is InChI=1S/C8H18O2Si2/c1-2-6-11(5-1)9-10-12-7-3-4-8-12/h11-12H,1-8H2. The molecule has 0 amide bonds. The van der Waals surface area contributed by atoms with Crippen LogP contribution in [-0.4, -0.2) is 18.1 Å². The molecule has 0 aromatic carbocycles. The van der Waals surface area contributed by atoms with Gasteiger partial charge in [-0.2, -0.15) is 0 Å². The normalized spacial score (nSPS) is 27.0. The van der Waals surface area contributed by atoms with Gasteiger partial charge >= 0.3 is 0 Å². The second-order valence-electron chi connectivity index (χ2n) is 4.01. The molecule has 0 saturated carbocycles. The molecule has 2 saturated heterocycles. The zero-order valence-corrected chi connectivity index (χ0v) is 9.94. The van der Waals surface area contributed by atoms with Gasteiger partial charge in [0.15, 0.2) is 0 Å². The molecule has 2 aliphatic heterocycles. The van der Waals surface area contributed by atoms with Crippen molar-refractivity contribution in [3.8, 4) is 0 Å². The van der Waals surface area contributed by atoms with Crippen LogP contribution in [0.5, 0.6) is 0 Å². The lowest BCUT2D eigenvalue weighted by atomic mass is 10.4. The van der Waals surface area contributed by atoms with Crippen molar-refractivity contribution >= 4 is 18.1 Å². The van der Waals surface area contributed by atoms with Crippen LogP contribution >= 0.6 is 0 Å². The van der Waals surface area contributed by atoms with Crippen molar-refractivity contribution in [2.24, 2.45) is 0 Å². The molecule has 0 aliphatic carbocycles. The van der Waals surface area contributed by atoms with Gasteiger partial charge in [-0.05, 0) is 24.2 Å². The van der Waals surface area contributed by atoms with Gasteiger partial charge in [0, 0.05) is 0 Å². The van der Waals surface area contributed by atoms with E-state index in [0.29, 0.717) is 0 Å². The molecule has 0 aromatic rings. The highest BCUT2D eigenvalue weighted by Crippen LogP contribution is 2.24. The fraction of sp³-hybridized carbons (Fsp3) is 1.00. The van der Waals surface area contributed by atoms with Crippen LogP contribution in [0.4, 0.5) is 0 Å². The van der Waals surface area contributed by atoms with Crippen LogP contribution in [-0.2, 0) is 9.15 Å². The van der Waals surface area contributed by atoms with Gasteiger partial charge < -0.3 is 9.15 Å². The van der Waals surface area contributed by atoms with E-state index in [0.717, 1.165) is 0 Å². The first-order chi connectivity index (χ1) is 5.95. The first-order valence-electron chi connectivity index (χ1n) is 5.27. The summed E-state index contributed by atoms with van der Waals surface area (Å²) in [5, 5.41) is 0. The average Bonchev–Trinajstić information content (AvgIpc) is 2.74. The summed E-state index contributed by atoms with van der Waals surface area (Å²) in [5.74, 6) is 0. The van der Waals surface area contributed by atoms with E-state index in [4.69, 9.17) is 9.15 Å². The minimum Gasteiger partial charge on any atom is -0.302 e. The highest BCUT2D eigenvalue weighted by Gasteiger charge is 2.24. The first kappa shape index (κ1) is 8.93. The van der Waals surface area contributed by atoms with E-state index in [9.17, 15) is 0 Å². The molecule has 0 aromatic heterocycles.